The van der Waals surface area contributed by atoms with Crippen LogP contribution in [0.15, 0.2) is 46.9 Å². The van der Waals surface area contributed by atoms with E-state index in [1.54, 1.807) is 0 Å². The fourth-order valence-electron chi connectivity index (χ4n) is 1.97. The van der Waals surface area contributed by atoms with Crippen LogP contribution in [0.25, 0.3) is 6.08 Å². The molecule has 0 bridgehead atoms. The Morgan fingerprint density at radius 3 is 2.80 bits per heavy atom. The number of furan rings is 1. The average molecular weight is 271 g/mol. The highest BCUT2D eigenvalue weighted by Gasteiger charge is 2.06. The number of hydrogen-bond acceptors (Lipinski definition) is 3. The zero-order chi connectivity index (χ0) is 14.2. The predicted molar refractivity (Wildman–Crippen MR) is 81.3 cm³/mol. The van der Waals surface area contributed by atoms with Gasteiger partial charge in [-0.1, -0.05) is 42.5 Å². The highest BCUT2D eigenvalue weighted by Crippen LogP contribution is 2.15. The van der Waals surface area contributed by atoms with Crippen molar-refractivity contribution in [2.24, 2.45) is 0 Å². The lowest BCUT2D eigenvalue weighted by molar-refractivity contribution is 0.130. The Morgan fingerprint density at radius 2 is 2.05 bits per heavy atom. The van der Waals surface area contributed by atoms with Crippen molar-refractivity contribution in [3.63, 3.8) is 0 Å². The molecule has 0 saturated heterocycles. The molecule has 0 unspecified atom stereocenters. The third-order valence-corrected chi connectivity index (χ3v) is 2.98. The van der Waals surface area contributed by atoms with E-state index in [1.807, 2.05) is 37.4 Å². The molecule has 0 fully saturated rings. The molecule has 2 rings (SSSR count). The van der Waals surface area contributed by atoms with Gasteiger partial charge in [0.15, 0.2) is 0 Å². The molecule has 0 amide bonds. The third-order valence-electron chi connectivity index (χ3n) is 2.98. The van der Waals surface area contributed by atoms with Gasteiger partial charge in [-0.3, -0.25) is 0 Å². The van der Waals surface area contributed by atoms with E-state index in [9.17, 15) is 0 Å². The number of ether oxygens (including phenoxy) is 1. The topological polar surface area (TPSA) is 34.4 Å². The first kappa shape index (κ1) is 14.6. The molecule has 0 radical (unpaired) electrons. The normalized spacial score (nSPS) is 11.3. The van der Waals surface area contributed by atoms with Crippen molar-refractivity contribution < 1.29 is 9.15 Å². The van der Waals surface area contributed by atoms with Gasteiger partial charge in [-0.2, -0.15) is 0 Å². The summed E-state index contributed by atoms with van der Waals surface area (Å²) in [6.45, 7) is 3.88. The summed E-state index contributed by atoms with van der Waals surface area (Å²) in [5.74, 6) is 1.85. The van der Waals surface area contributed by atoms with Crippen molar-refractivity contribution in [3.8, 4) is 0 Å². The molecule has 3 heteroatoms. The van der Waals surface area contributed by atoms with E-state index in [-0.39, 0.29) is 0 Å². The van der Waals surface area contributed by atoms with Crippen LogP contribution in [0.5, 0.6) is 0 Å². The smallest absolute Gasteiger partial charge is 0.130 e. The van der Waals surface area contributed by atoms with Gasteiger partial charge < -0.3 is 14.5 Å². The average Bonchev–Trinajstić information content (AvgIpc) is 2.80. The van der Waals surface area contributed by atoms with Gasteiger partial charge in [0.1, 0.15) is 18.1 Å². The molecule has 0 aliphatic carbocycles. The summed E-state index contributed by atoms with van der Waals surface area (Å²) in [6.07, 6.45) is 4.07. The minimum atomic E-state index is 0.504. The van der Waals surface area contributed by atoms with Crippen molar-refractivity contribution in [3.05, 3.63) is 65.1 Å². The summed E-state index contributed by atoms with van der Waals surface area (Å²) >= 11 is 0. The number of benzene rings is 1. The second-order valence-electron chi connectivity index (χ2n) is 4.68. The van der Waals surface area contributed by atoms with Gasteiger partial charge in [0.2, 0.25) is 0 Å². The minimum Gasteiger partial charge on any atom is -0.462 e. The van der Waals surface area contributed by atoms with E-state index in [1.165, 1.54) is 5.56 Å². The standard InChI is InChI=1S/C17H21NO2/c1-14-11-16(20-17(14)12-18-2)13-19-10-6-9-15-7-4-3-5-8-15/h3-9,11,18H,10,12-13H2,1-2H3. The number of hydrogen-bond donors (Lipinski definition) is 1. The molecule has 0 aliphatic rings. The Hall–Kier alpha value is -1.84. The SMILES string of the molecule is CNCc1oc(COCC=Cc2ccccc2)cc1C. The van der Waals surface area contributed by atoms with E-state index in [2.05, 4.69) is 30.4 Å². The monoisotopic (exact) mass is 271 g/mol. The van der Waals surface area contributed by atoms with Crippen molar-refractivity contribution in [1.29, 1.82) is 0 Å². The quantitative estimate of drug-likeness (QED) is 0.782. The Bertz CT molecular complexity index is 543. The van der Waals surface area contributed by atoms with Crippen molar-refractivity contribution in [2.45, 2.75) is 20.1 Å². The van der Waals surface area contributed by atoms with Crippen LogP contribution < -0.4 is 5.32 Å². The van der Waals surface area contributed by atoms with Gasteiger partial charge in [-0.05, 0) is 31.2 Å². The van der Waals surface area contributed by atoms with Crippen LogP contribution in [-0.4, -0.2) is 13.7 Å². The Morgan fingerprint density at radius 1 is 1.25 bits per heavy atom. The number of nitrogens with one attached hydrogen (secondary N) is 1. The predicted octanol–water partition coefficient (Wildman–Crippen LogP) is 3.54. The van der Waals surface area contributed by atoms with Gasteiger partial charge in [-0.15, -0.1) is 0 Å². The summed E-state index contributed by atoms with van der Waals surface area (Å²) in [5.41, 5.74) is 2.35. The maximum Gasteiger partial charge on any atom is 0.130 e. The van der Waals surface area contributed by atoms with Crippen molar-refractivity contribution in [1.82, 2.24) is 5.32 Å². The first-order valence-electron chi connectivity index (χ1n) is 6.81. The molecule has 1 aromatic heterocycles. The fourth-order valence-corrected chi connectivity index (χ4v) is 1.97. The highest BCUT2D eigenvalue weighted by atomic mass is 16.5. The second-order valence-corrected chi connectivity index (χ2v) is 4.68. The van der Waals surface area contributed by atoms with Crippen molar-refractivity contribution in [2.75, 3.05) is 13.7 Å². The summed E-state index contributed by atoms with van der Waals surface area (Å²) < 4.78 is 11.3. The third kappa shape index (κ3) is 4.37. The molecule has 106 valence electrons. The first-order valence-corrected chi connectivity index (χ1v) is 6.81. The summed E-state index contributed by atoms with van der Waals surface area (Å²) in [6, 6.07) is 12.2. The molecule has 0 saturated carbocycles. The van der Waals surface area contributed by atoms with Crippen molar-refractivity contribution >= 4 is 6.08 Å². The lowest BCUT2D eigenvalue weighted by Gasteiger charge is -1.98. The van der Waals surface area contributed by atoms with Crippen LogP contribution in [0.3, 0.4) is 0 Å². The Kier molecular flexibility index (Phi) is 5.59. The molecule has 1 aromatic carbocycles. The molecule has 3 nitrogen and oxygen atoms in total. The molecule has 2 aromatic rings. The van der Waals surface area contributed by atoms with Gasteiger partial charge in [0, 0.05) is 0 Å². The summed E-state index contributed by atoms with van der Waals surface area (Å²) in [7, 11) is 1.91. The maximum atomic E-state index is 5.71. The summed E-state index contributed by atoms with van der Waals surface area (Å²) in [5, 5.41) is 3.09. The van der Waals surface area contributed by atoms with Gasteiger partial charge in [0.05, 0.1) is 13.2 Å². The van der Waals surface area contributed by atoms with Crippen LogP contribution in [0.1, 0.15) is 22.6 Å². The molecule has 20 heavy (non-hydrogen) atoms. The molecular formula is C17H21NO2. The van der Waals surface area contributed by atoms with E-state index in [0.717, 1.165) is 23.6 Å². The van der Waals surface area contributed by atoms with E-state index in [0.29, 0.717) is 13.2 Å². The maximum absolute atomic E-state index is 5.71. The molecular weight excluding hydrogens is 250 g/mol. The van der Waals surface area contributed by atoms with Gasteiger partial charge >= 0.3 is 0 Å². The molecule has 0 spiro atoms. The van der Waals surface area contributed by atoms with Crippen LogP contribution in [0.4, 0.5) is 0 Å². The van der Waals surface area contributed by atoms with E-state index >= 15 is 0 Å². The van der Waals surface area contributed by atoms with Crippen LogP contribution >= 0.6 is 0 Å². The van der Waals surface area contributed by atoms with E-state index < -0.39 is 0 Å². The second kappa shape index (κ2) is 7.68. The molecule has 1 heterocycles. The zero-order valence-electron chi connectivity index (χ0n) is 12.1. The largest absolute Gasteiger partial charge is 0.462 e. The van der Waals surface area contributed by atoms with Crippen LogP contribution in [0.2, 0.25) is 0 Å². The van der Waals surface area contributed by atoms with E-state index in [4.69, 9.17) is 9.15 Å². The number of aryl methyl sites for hydroxylation is 1. The molecule has 0 atom stereocenters. The Balaban J connectivity index is 1.76. The Labute approximate surface area is 120 Å². The fraction of sp³-hybridized carbons (Fsp3) is 0.294. The first-order chi connectivity index (χ1) is 9.79. The number of rotatable bonds is 7. The van der Waals surface area contributed by atoms with Crippen LogP contribution in [-0.2, 0) is 17.9 Å². The zero-order valence-corrected chi connectivity index (χ0v) is 12.1. The lowest BCUT2D eigenvalue weighted by atomic mass is 10.2. The van der Waals surface area contributed by atoms with Gasteiger partial charge in [0.25, 0.3) is 0 Å². The summed E-state index contributed by atoms with van der Waals surface area (Å²) in [4.78, 5) is 0. The van der Waals surface area contributed by atoms with Gasteiger partial charge in [-0.25, -0.2) is 0 Å². The minimum absolute atomic E-state index is 0.504. The molecule has 0 aliphatic heterocycles. The highest BCUT2D eigenvalue weighted by molar-refractivity contribution is 5.48. The molecule has 1 N–H and O–H groups in total. The van der Waals surface area contributed by atoms with Crippen LogP contribution in [0, 0.1) is 6.92 Å². The lowest BCUT2D eigenvalue weighted by Crippen LogP contribution is -2.04.